The van der Waals surface area contributed by atoms with Crippen LogP contribution in [0.5, 0.6) is 0 Å². The molecule has 0 bridgehead atoms. The van der Waals surface area contributed by atoms with E-state index < -0.39 is 11.1 Å². The molecule has 2 N–H and O–H groups in total. The Morgan fingerprint density at radius 1 is 1.16 bits per heavy atom. The van der Waals surface area contributed by atoms with Gasteiger partial charge in [0.05, 0.1) is 10.8 Å². The molecule has 128 valence electrons. The van der Waals surface area contributed by atoms with Gasteiger partial charge in [0.2, 0.25) is 11.1 Å². The molecule has 1 amide bonds. The number of thioether (sulfide) groups is 1. The molecule has 0 unspecified atom stereocenters. The first-order valence-electron chi connectivity index (χ1n) is 7.43. The van der Waals surface area contributed by atoms with Crippen LogP contribution in [0.3, 0.4) is 0 Å². The average molecular weight is 360 g/mol. The number of rotatable bonds is 5. The third-order valence-electron chi connectivity index (χ3n) is 3.36. The van der Waals surface area contributed by atoms with Crippen LogP contribution in [0.15, 0.2) is 53.7 Å². The van der Waals surface area contributed by atoms with Gasteiger partial charge in [-0.3, -0.25) is 9.89 Å². The minimum atomic E-state index is -0.491. The van der Waals surface area contributed by atoms with Gasteiger partial charge >= 0.3 is 0 Å². The molecule has 0 fully saturated rings. The average Bonchev–Trinajstić information content (AvgIpc) is 3.05. The summed E-state index contributed by atoms with van der Waals surface area (Å²) in [5, 5.41) is 9.20. The van der Waals surface area contributed by atoms with E-state index in [1.807, 2.05) is 0 Å². The quantitative estimate of drug-likeness (QED) is 0.678. The molecule has 25 heavy (non-hydrogen) atoms. The van der Waals surface area contributed by atoms with Crippen molar-refractivity contribution in [3.05, 3.63) is 60.2 Å². The number of aromatic amines is 1. The van der Waals surface area contributed by atoms with Crippen molar-refractivity contribution < 1.29 is 13.6 Å². The number of hydrogen-bond donors (Lipinski definition) is 2. The van der Waals surface area contributed by atoms with Crippen LogP contribution in [0, 0.1) is 11.6 Å². The van der Waals surface area contributed by atoms with E-state index >= 15 is 0 Å². The first-order chi connectivity index (χ1) is 12.0. The summed E-state index contributed by atoms with van der Waals surface area (Å²) in [7, 11) is 0. The standard InChI is InChI=1S/C17H14F2N4OS/c1-10(16(24)20-12-8-6-11(18)7-9-12)25-17-21-15(22-23-17)13-4-2-3-5-14(13)19/h2-10H,1H3,(H,20,24)(H,21,22,23)/t10-/m0/s1. The molecule has 0 saturated heterocycles. The predicted molar refractivity (Wildman–Crippen MR) is 92.1 cm³/mol. The van der Waals surface area contributed by atoms with Gasteiger partial charge in [-0.25, -0.2) is 13.8 Å². The van der Waals surface area contributed by atoms with Crippen molar-refractivity contribution in [3.8, 4) is 11.4 Å². The van der Waals surface area contributed by atoms with Gasteiger partial charge in [-0.15, -0.1) is 5.10 Å². The minimum absolute atomic E-state index is 0.270. The number of nitrogens with one attached hydrogen (secondary N) is 2. The maximum absolute atomic E-state index is 13.8. The van der Waals surface area contributed by atoms with E-state index in [9.17, 15) is 13.6 Å². The highest BCUT2D eigenvalue weighted by Crippen LogP contribution is 2.24. The highest BCUT2D eigenvalue weighted by molar-refractivity contribution is 8.00. The number of carbonyl (C=O) groups is 1. The summed E-state index contributed by atoms with van der Waals surface area (Å²) in [5.41, 5.74) is 0.811. The van der Waals surface area contributed by atoms with E-state index in [4.69, 9.17) is 0 Å². The van der Waals surface area contributed by atoms with Gasteiger partial charge in [0, 0.05) is 5.69 Å². The molecule has 0 radical (unpaired) electrons. The highest BCUT2D eigenvalue weighted by atomic mass is 32.2. The van der Waals surface area contributed by atoms with Gasteiger partial charge in [0.25, 0.3) is 0 Å². The van der Waals surface area contributed by atoms with Crippen LogP contribution in [0.25, 0.3) is 11.4 Å². The van der Waals surface area contributed by atoms with Crippen LogP contribution >= 0.6 is 11.8 Å². The van der Waals surface area contributed by atoms with Crippen molar-refractivity contribution in [1.29, 1.82) is 0 Å². The zero-order valence-electron chi connectivity index (χ0n) is 13.2. The molecular weight excluding hydrogens is 346 g/mol. The second-order valence-corrected chi connectivity index (χ2v) is 6.51. The van der Waals surface area contributed by atoms with Crippen molar-refractivity contribution in [2.75, 3.05) is 5.32 Å². The Morgan fingerprint density at radius 3 is 2.60 bits per heavy atom. The van der Waals surface area contributed by atoms with E-state index in [-0.39, 0.29) is 11.7 Å². The number of hydrogen-bond acceptors (Lipinski definition) is 4. The van der Waals surface area contributed by atoms with Gasteiger partial charge in [0.1, 0.15) is 11.6 Å². The fourth-order valence-corrected chi connectivity index (χ4v) is 2.79. The second kappa shape index (κ2) is 7.43. The Bertz CT molecular complexity index is 882. The summed E-state index contributed by atoms with van der Waals surface area (Å²) in [6, 6.07) is 11.7. The summed E-state index contributed by atoms with van der Waals surface area (Å²) in [5.74, 6) is -0.750. The molecule has 0 aliphatic rings. The zero-order chi connectivity index (χ0) is 17.8. The van der Waals surface area contributed by atoms with Crippen molar-refractivity contribution in [3.63, 3.8) is 0 Å². The highest BCUT2D eigenvalue weighted by Gasteiger charge is 2.18. The van der Waals surface area contributed by atoms with E-state index in [0.29, 0.717) is 22.2 Å². The van der Waals surface area contributed by atoms with Crippen molar-refractivity contribution in [2.45, 2.75) is 17.3 Å². The van der Waals surface area contributed by atoms with Crippen molar-refractivity contribution >= 4 is 23.4 Å². The zero-order valence-corrected chi connectivity index (χ0v) is 14.0. The van der Waals surface area contributed by atoms with Crippen LogP contribution in [0.1, 0.15) is 6.92 Å². The predicted octanol–water partition coefficient (Wildman–Crippen LogP) is 3.87. The normalized spacial score (nSPS) is 12.0. The topological polar surface area (TPSA) is 70.7 Å². The van der Waals surface area contributed by atoms with Gasteiger partial charge in [-0.1, -0.05) is 23.9 Å². The SMILES string of the molecule is C[C@H](Sc1n[nH]c(-c2ccccc2F)n1)C(=O)Nc1ccc(F)cc1. The first-order valence-corrected chi connectivity index (χ1v) is 8.31. The van der Waals surface area contributed by atoms with Crippen LogP contribution in [0.4, 0.5) is 14.5 Å². The molecule has 0 saturated carbocycles. The summed E-state index contributed by atoms with van der Waals surface area (Å²) in [4.78, 5) is 16.4. The molecule has 2 aromatic carbocycles. The lowest BCUT2D eigenvalue weighted by atomic mass is 10.2. The maximum Gasteiger partial charge on any atom is 0.237 e. The van der Waals surface area contributed by atoms with Crippen LogP contribution in [0.2, 0.25) is 0 Å². The van der Waals surface area contributed by atoms with Crippen molar-refractivity contribution in [1.82, 2.24) is 15.2 Å². The van der Waals surface area contributed by atoms with Crippen LogP contribution in [-0.4, -0.2) is 26.3 Å². The van der Waals surface area contributed by atoms with E-state index in [2.05, 4.69) is 20.5 Å². The fourth-order valence-electron chi connectivity index (χ4n) is 2.06. The Kier molecular flexibility index (Phi) is 5.08. The molecule has 8 heteroatoms. The van der Waals surface area contributed by atoms with Crippen LogP contribution < -0.4 is 5.32 Å². The number of halogens is 2. The molecule has 1 heterocycles. The largest absolute Gasteiger partial charge is 0.325 e. The summed E-state index contributed by atoms with van der Waals surface area (Å²) in [6.45, 7) is 1.70. The summed E-state index contributed by atoms with van der Waals surface area (Å²) in [6.07, 6.45) is 0. The first kappa shape index (κ1) is 17.1. The molecule has 1 aromatic heterocycles. The van der Waals surface area contributed by atoms with E-state index in [0.717, 1.165) is 11.8 Å². The third-order valence-corrected chi connectivity index (χ3v) is 4.32. The number of anilines is 1. The molecular formula is C17H14F2N4OS. The van der Waals surface area contributed by atoms with Gasteiger partial charge in [-0.05, 0) is 43.3 Å². The Balaban J connectivity index is 1.65. The van der Waals surface area contributed by atoms with Gasteiger partial charge in [0.15, 0.2) is 5.82 Å². The summed E-state index contributed by atoms with van der Waals surface area (Å²) >= 11 is 1.13. The lowest BCUT2D eigenvalue weighted by Crippen LogP contribution is -2.22. The minimum Gasteiger partial charge on any atom is -0.325 e. The van der Waals surface area contributed by atoms with Crippen LogP contribution in [-0.2, 0) is 4.79 Å². The van der Waals surface area contributed by atoms with Gasteiger partial charge in [-0.2, -0.15) is 0 Å². The lowest BCUT2D eigenvalue weighted by molar-refractivity contribution is -0.115. The van der Waals surface area contributed by atoms with E-state index in [1.54, 1.807) is 25.1 Å². The molecule has 0 aliphatic carbocycles. The molecule has 0 aliphatic heterocycles. The monoisotopic (exact) mass is 360 g/mol. The Labute approximate surface area is 146 Å². The van der Waals surface area contributed by atoms with Crippen molar-refractivity contribution in [2.24, 2.45) is 0 Å². The number of H-pyrrole nitrogens is 1. The fraction of sp³-hybridized carbons (Fsp3) is 0.118. The molecule has 0 spiro atoms. The van der Waals surface area contributed by atoms with E-state index in [1.165, 1.54) is 30.3 Å². The molecule has 5 nitrogen and oxygen atoms in total. The Hall–Kier alpha value is -2.74. The molecule has 3 aromatic rings. The van der Waals surface area contributed by atoms with Gasteiger partial charge < -0.3 is 5.32 Å². The molecule has 3 rings (SSSR count). The lowest BCUT2D eigenvalue weighted by Gasteiger charge is -2.09. The maximum atomic E-state index is 13.8. The smallest absolute Gasteiger partial charge is 0.237 e. The number of nitrogens with zero attached hydrogens (tertiary/aromatic N) is 2. The number of aromatic nitrogens is 3. The molecule has 1 atom stereocenters. The summed E-state index contributed by atoms with van der Waals surface area (Å²) < 4.78 is 26.6. The Morgan fingerprint density at radius 2 is 1.88 bits per heavy atom. The number of carbonyl (C=O) groups excluding carboxylic acids is 1. The number of amides is 1. The third kappa shape index (κ3) is 4.21. The number of benzene rings is 2. The second-order valence-electron chi connectivity index (χ2n) is 5.20.